The van der Waals surface area contributed by atoms with E-state index in [0.29, 0.717) is 39.2 Å². The predicted octanol–water partition coefficient (Wildman–Crippen LogP) is 3.96. The van der Waals surface area contributed by atoms with Crippen LogP contribution in [0.1, 0.15) is 21.7 Å². The quantitative estimate of drug-likeness (QED) is 0.688. The predicted molar refractivity (Wildman–Crippen MR) is 95.7 cm³/mol. The van der Waals surface area contributed by atoms with Crippen molar-refractivity contribution in [1.29, 1.82) is 0 Å². The minimum absolute atomic E-state index is 0.228. The van der Waals surface area contributed by atoms with Crippen LogP contribution in [0.2, 0.25) is 10.0 Å². The summed E-state index contributed by atoms with van der Waals surface area (Å²) in [7, 11) is 3.53. The van der Waals surface area contributed by atoms with Gasteiger partial charge in [-0.25, -0.2) is 0 Å². The van der Waals surface area contributed by atoms with E-state index in [2.05, 4.69) is 10.3 Å². The van der Waals surface area contributed by atoms with Gasteiger partial charge in [-0.3, -0.25) is 9.48 Å². The number of nitrogens with zero attached hydrogens (tertiary/aromatic N) is 4. The molecule has 6 nitrogen and oxygen atoms in total. The number of carbonyl (C=O) groups excluding carboxylic acids is 1. The van der Waals surface area contributed by atoms with Crippen LogP contribution < -0.4 is 0 Å². The van der Waals surface area contributed by atoms with E-state index in [1.165, 1.54) is 0 Å². The Kier molecular flexibility index (Phi) is 4.83. The molecule has 0 bridgehead atoms. The first-order valence-electron chi connectivity index (χ1n) is 7.52. The van der Waals surface area contributed by atoms with Crippen molar-refractivity contribution in [2.24, 2.45) is 7.05 Å². The summed E-state index contributed by atoms with van der Waals surface area (Å²) in [6, 6.07) is 5.12. The molecule has 0 fully saturated rings. The highest BCUT2D eigenvalue weighted by molar-refractivity contribution is 6.39. The van der Waals surface area contributed by atoms with E-state index in [1.807, 2.05) is 13.2 Å². The van der Waals surface area contributed by atoms with Crippen LogP contribution in [0.5, 0.6) is 0 Å². The summed E-state index contributed by atoms with van der Waals surface area (Å²) in [5.41, 5.74) is 2.10. The van der Waals surface area contributed by atoms with Gasteiger partial charge in [-0.2, -0.15) is 5.10 Å². The number of aryl methyl sites for hydroxylation is 2. The SMILES string of the molecule is Cc1onc(-c2c(Cl)cccc2Cl)c1C(=O)N(C)Cc1cnn(C)c1. The lowest BCUT2D eigenvalue weighted by Crippen LogP contribution is -2.26. The molecular formula is C17H16Cl2N4O2. The lowest BCUT2D eigenvalue weighted by Gasteiger charge is -2.16. The van der Waals surface area contributed by atoms with Crippen molar-refractivity contribution in [3.63, 3.8) is 0 Å². The number of hydrogen-bond donors (Lipinski definition) is 0. The first-order valence-corrected chi connectivity index (χ1v) is 8.27. The zero-order valence-corrected chi connectivity index (χ0v) is 15.5. The van der Waals surface area contributed by atoms with Crippen molar-refractivity contribution in [2.75, 3.05) is 7.05 Å². The Hall–Kier alpha value is -2.31. The monoisotopic (exact) mass is 378 g/mol. The fraction of sp³-hybridized carbons (Fsp3) is 0.235. The number of benzene rings is 1. The largest absolute Gasteiger partial charge is 0.360 e. The molecule has 3 aromatic rings. The van der Waals surface area contributed by atoms with E-state index in [9.17, 15) is 4.79 Å². The summed E-state index contributed by atoms with van der Waals surface area (Å²) in [4.78, 5) is 14.5. The standard InChI is InChI=1S/C17H16Cl2N4O2/c1-10-14(17(24)22(2)8-11-7-20-23(3)9-11)16(21-25-10)15-12(18)5-4-6-13(15)19/h4-7,9H,8H2,1-3H3. The number of aromatic nitrogens is 3. The van der Waals surface area contributed by atoms with Gasteiger partial charge in [-0.05, 0) is 19.1 Å². The highest BCUT2D eigenvalue weighted by Gasteiger charge is 2.27. The van der Waals surface area contributed by atoms with Crippen LogP contribution in [0.4, 0.5) is 0 Å². The fourth-order valence-electron chi connectivity index (χ4n) is 2.61. The molecule has 130 valence electrons. The number of halogens is 2. The normalized spacial score (nSPS) is 10.9. The van der Waals surface area contributed by atoms with Crippen molar-refractivity contribution < 1.29 is 9.32 Å². The molecule has 0 saturated heterocycles. The second-order valence-corrected chi connectivity index (χ2v) is 6.56. The zero-order valence-electron chi connectivity index (χ0n) is 14.0. The van der Waals surface area contributed by atoms with Crippen molar-refractivity contribution >= 4 is 29.1 Å². The van der Waals surface area contributed by atoms with Gasteiger partial charge < -0.3 is 9.42 Å². The van der Waals surface area contributed by atoms with Crippen molar-refractivity contribution in [3.8, 4) is 11.3 Å². The third-order valence-corrected chi connectivity index (χ3v) is 4.43. The number of rotatable bonds is 4. The summed E-state index contributed by atoms with van der Waals surface area (Å²) in [6.07, 6.45) is 3.58. The third kappa shape index (κ3) is 3.41. The van der Waals surface area contributed by atoms with Crippen LogP contribution in [-0.4, -0.2) is 32.8 Å². The van der Waals surface area contributed by atoms with Crippen LogP contribution in [0.15, 0.2) is 35.1 Å². The van der Waals surface area contributed by atoms with Gasteiger partial charge in [0.05, 0.1) is 16.2 Å². The van der Waals surface area contributed by atoms with Gasteiger partial charge in [0, 0.05) is 38.0 Å². The molecule has 2 aromatic heterocycles. The van der Waals surface area contributed by atoms with Crippen LogP contribution >= 0.6 is 23.2 Å². The first kappa shape index (κ1) is 17.5. The second kappa shape index (κ2) is 6.90. The van der Waals surface area contributed by atoms with Gasteiger partial charge in [-0.15, -0.1) is 0 Å². The van der Waals surface area contributed by atoms with E-state index >= 15 is 0 Å². The van der Waals surface area contributed by atoms with E-state index in [4.69, 9.17) is 27.7 Å². The average molecular weight is 379 g/mol. The summed E-state index contributed by atoms with van der Waals surface area (Å²) in [6.45, 7) is 2.10. The van der Waals surface area contributed by atoms with Crippen LogP contribution in [0.25, 0.3) is 11.3 Å². The van der Waals surface area contributed by atoms with Gasteiger partial charge in [0.15, 0.2) is 0 Å². The summed E-state index contributed by atoms with van der Waals surface area (Å²) >= 11 is 12.5. The zero-order chi connectivity index (χ0) is 18.1. The molecule has 2 heterocycles. The molecule has 0 radical (unpaired) electrons. The van der Waals surface area contributed by atoms with Gasteiger partial charge in [0.25, 0.3) is 5.91 Å². The summed E-state index contributed by atoms with van der Waals surface area (Å²) in [5.74, 6) is 0.183. The first-order chi connectivity index (χ1) is 11.9. The fourth-order valence-corrected chi connectivity index (χ4v) is 3.19. The van der Waals surface area contributed by atoms with Crippen LogP contribution in [0, 0.1) is 6.92 Å². The van der Waals surface area contributed by atoms with E-state index in [1.54, 1.807) is 47.9 Å². The van der Waals surface area contributed by atoms with Gasteiger partial charge >= 0.3 is 0 Å². The Labute approximate surface area is 154 Å². The molecule has 8 heteroatoms. The van der Waals surface area contributed by atoms with Crippen molar-refractivity contribution in [2.45, 2.75) is 13.5 Å². The van der Waals surface area contributed by atoms with Gasteiger partial charge in [-0.1, -0.05) is 34.4 Å². The summed E-state index contributed by atoms with van der Waals surface area (Å²) in [5, 5.41) is 8.94. The number of hydrogen-bond acceptors (Lipinski definition) is 4. The number of carbonyl (C=O) groups is 1. The Balaban J connectivity index is 1.97. The highest BCUT2D eigenvalue weighted by atomic mass is 35.5. The second-order valence-electron chi connectivity index (χ2n) is 5.74. The molecule has 0 N–H and O–H groups in total. The highest BCUT2D eigenvalue weighted by Crippen LogP contribution is 2.37. The molecule has 0 saturated carbocycles. The van der Waals surface area contributed by atoms with E-state index in [-0.39, 0.29) is 5.91 Å². The lowest BCUT2D eigenvalue weighted by atomic mass is 10.0. The molecule has 0 aliphatic heterocycles. The molecule has 0 atom stereocenters. The van der Waals surface area contributed by atoms with E-state index in [0.717, 1.165) is 5.56 Å². The molecule has 0 aliphatic carbocycles. The topological polar surface area (TPSA) is 64.2 Å². The molecular weight excluding hydrogens is 363 g/mol. The molecule has 1 amide bonds. The van der Waals surface area contributed by atoms with Crippen LogP contribution in [0.3, 0.4) is 0 Å². The maximum atomic E-state index is 13.0. The Morgan fingerprint density at radius 3 is 2.60 bits per heavy atom. The lowest BCUT2D eigenvalue weighted by molar-refractivity contribution is 0.0784. The molecule has 0 aliphatic rings. The van der Waals surface area contributed by atoms with Crippen LogP contribution in [-0.2, 0) is 13.6 Å². The van der Waals surface area contributed by atoms with Gasteiger partial charge in [0.2, 0.25) is 0 Å². The smallest absolute Gasteiger partial charge is 0.259 e. The van der Waals surface area contributed by atoms with Gasteiger partial charge in [0.1, 0.15) is 17.0 Å². The molecule has 1 aromatic carbocycles. The maximum absolute atomic E-state index is 13.0. The minimum atomic E-state index is -0.228. The molecule has 3 rings (SSSR count). The molecule has 25 heavy (non-hydrogen) atoms. The van der Waals surface area contributed by atoms with Crippen molar-refractivity contribution in [1.82, 2.24) is 19.8 Å². The third-order valence-electron chi connectivity index (χ3n) is 3.80. The number of amides is 1. The molecule has 0 spiro atoms. The Morgan fingerprint density at radius 1 is 1.32 bits per heavy atom. The minimum Gasteiger partial charge on any atom is -0.360 e. The maximum Gasteiger partial charge on any atom is 0.259 e. The summed E-state index contributed by atoms with van der Waals surface area (Å²) < 4.78 is 6.94. The Bertz CT molecular complexity index is 912. The molecule has 0 unspecified atom stereocenters. The van der Waals surface area contributed by atoms with Crippen molar-refractivity contribution in [3.05, 3.63) is 57.5 Å². The Morgan fingerprint density at radius 2 is 2.00 bits per heavy atom. The van der Waals surface area contributed by atoms with E-state index < -0.39 is 0 Å². The average Bonchev–Trinajstić information content (AvgIpc) is 3.12.